The van der Waals surface area contributed by atoms with Gasteiger partial charge in [0.2, 0.25) is 0 Å². The Morgan fingerprint density at radius 1 is 1.16 bits per heavy atom. The highest BCUT2D eigenvalue weighted by Gasteiger charge is 2.20. The lowest BCUT2D eigenvalue weighted by molar-refractivity contribution is -0.145. The Kier molecular flexibility index (Phi) is 6.03. The van der Waals surface area contributed by atoms with Gasteiger partial charge in [0.15, 0.2) is 0 Å². The lowest BCUT2D eigenvalue weighted by Crippen LogP contribution is -2.36. The van der Waals surface area contributed by atoms with Crippen molar-refractivity contribution >= 4 is 5.97 Å². The summed E-state index contributed by atoms with van der Waals surface area (Å²) >= 11 is 0. The fourth-order valence-electron chi connectivity index (χ4n) is 1.87. The van der Waals surface area contributed by atoms with E-state index in [4.69, 9.17) is 4.74 Å². The third kappa shape index (κ3) is 4.67. The third-order valence-electron chi connectivity index (χ3n) is 3.60. The molecular weight excluding hydrogens is 238 g/mol. The van der Waals surface area contributed by atoms with E-state index in [1.807, 2.05) is 13.8 Å². The fourth-order valence-corrected chi connectivity index (χ4v) is 1.87. The van der Waals surface area contributed by atoms with E-state index < -0.39 is 0 Å². The SMILES string of the molecule is COC(=O)C(C)C(C)NCc1ccc(C(C)C)cc1. The van der Waals surface area contributed by atoms with Gasteiger partial charge < -0.3 is 10.1 Å². The molecule has 0 spiro atoms. The Morgan fingerprint density at radius 3 is 2.21 bits per heavy atom. The van der Waals surface area contributed by atoms with Crippen LogP contribution >= 0.6 is 0 Å². The highest BCUT2D eigenvalue weighted by molar-refractivity contribution is 5.72. The molecule has 1 aromatic carbocycles. The molecule has 0 aromatic heterocycles. The van der Waals surface area contributed by atoms with E-state index in [1.54, 1.807) is 0 Å². The molecule has 0 heterocycles. The molecule has 3 heteroatoms. The van der Waals surface area contributed by atoms with Gasteiger partial charge in [-0.1, -0.05) is 45.0 Å². The van der Waals surface area contributed by atoms with Gasteiger partial charge in [-0.3, -0.25) is 4.79 Å². The van der Waals surface area contributed by atoms with Crippen molar-refractivity contribution in [1.29, 1.82) is 0 Å². The zero-order valence-electron chi connectivity index (χ0n) is 12.6. The first-order valence-electron chi connectivity index (χ1n) is 6.85. The van der Waals surface area contributed by atoms with Crippen LogP contribution in [0.2, 0.25) is 0 Å². The van der Waals surface area contributed by atoms with Crippen molar-refractivity contribution in [3.05, 3.63) is 35.4 Å². The molecule has 0 saturated carbocycles. The maximum Gasteiger partial charge on any atom is 0.309 e. The topological polar surface area (TPSA) is 38.3 Å². The summed E-state index contributed by atoms with van der Waals surface area (Å²) in [6.07, 6.45) is 0. The summed E-state index contributed by atoms with van der Waals surface area (Å²) in [5, 5.41) is 3.36. The van der Waals surface area contributed by atoms with Crippen LogP contribution in [0.25, 0.3) is 0 Å². The van der Waals surface area contributed by atoms with Crippen molar-refractivity contribution in [2.45, 2.75) is 46.2 Å². The molecule has 3 nitrogen and oxygen atoms in total. The van der Waals surface area contributed by atoms with Gasteiger partial charge in [-0.05, 0) is 24.0 Å². The molecule has 2 atom stereocenters. The molecule has 2 unspecified atom stereocenters. The predicted octanol–water partition coefficient (Wildman–Crippen LogP) is 3.10. The summed E-state index contributed by atoms with van der Waals surface area (Å²) in [6, 6.07) is 8.69. The first kappa shape index (κ1) is 15.7. The molecule has 0 bridgehead atoms. The lowest BCUT2D eigenvalue weighted by atomic mass is 10.0. The van der Waals surface area contributed by atoms with Gasteiger partial charge >= 0.3 is 5.97 Å². The van der Waals surface area contributed by atoms with Gasteiger partial charge in [0, 0.05) is 12.6 Å². The van der Waals surface area contributed by atoms with Gasteiger partial charge in [-0.25, -0.2) is 0 Å². The Labute approximate surface area is 116 Å². The van der Waals surface area contributed by atoms with Crippen molar-refractivity contribution in [3.63, 3.8) is 0 Å². The Bertz CT molecular complexity index is 398. The minimum atomic E-state index is -0.171. The van der Waals surface area contributed by atoms with Crippen LogP contribution in [0.3, 0.4) is 0 Å². The first-order valence-corrected chi connectivity index (χ1v) is 6.85. The van der Waals surface area contributed by atoms with Crippen LogP contribution in [0.15, 0.2) is 24.3 Å². The molecule has 106 valence electrons. The number of hydrogen-bond donors (Lipinski definition) is 1. The van der Waals surface area contributed by atoms with Crippen LogP contribution in [0.5, 0.6) is 0 Å². The molecule has 0 fully saturated rings. The van der Waals surface area contributed by atoms with Crippen molar-refractivity contribution in [1.82, 2.24) is 5.32 Å². The van der Waals surface area contributed by atoms with Crippen molar-refractivity contribution in [3.8, 4) is 0 Å². The number of carbonyl (C=O) groups excluding carboxylic acids is 1. The molecule has 1 aromatic rings. The van der Waals surface area contributed by atoms with Crippen molar-refractivity contribution < 1.29 is 9.53 Å². The summed E-state index contributed by atoms with van der Waals surface area (Å²) in [6.45, 7) is 9.02. The largest absolute Gasteiger partial charge is 0.469 e. The van der Waals surface area contributed by atoms with E-state index >= 15 is 0 Å². The predicted molar refractivity (Wildman–Crippen MR) is 78.0 cm³/mol. The minimum absolute atomic E-state index is 0.0947. The molecule has 19 heavy (non-hydrogen) atoms. The number of methoxy groups -OCH3 is 1. The van der Waals surface area contributed by atoms with Crippen LogP contribution < -0.4 is 5.32 Å². The van der Waals surface area contributed by atoms with E-state index in [0.717, 1.165) is 6.54 Å². The van der Waals surface area contributed by atoms with Gasteiger partial charge in [0.1, 0.15) is 0 Å². The van der Waals surface area contributed by atoms with Crippen molar-refractivity contribution in [2.75, 3.05) is 7.11 Å². The number of ether oxygens (including phenoxy) is 1. The monoisotopic (exact) mass is 263 g/mol. The van der Waals surface area contributed by atoms with Crippen LogP contribution in [0, 0.1) is 5.92 Å². The standard InChI is InChI=1S/C16H25NO2/c1-11(2)15-8-6-14(7-9-15)10-17-13(4)12(3)16(18)19-5/h6-9,11-13,17H,10H2,1-5H3. The molecule has 1 rings (SSSR count). The quantitative estimate of drug-likeness (QED) is 0.801. The number of esters is 1. The van der Waals surface area contributed by atoms with Gasteiger partial charge in [-0.15, -0.1) is 0 Å². The maximum absolute atomic E-state index is 11.4. The summed E-state index contributed by atoms with van der Waals surface area (Å²) in [7, 11) is 1.43. The number of hydrogen-bond acceptors (Lipinski definition) is 3. The second-order valence-corrected chi connectivity index (χ2v) is 5.38. The normalized spacial score (nSPS) is 14.2. The van der Waals surface area contributed by atoms with Gasteiger partial charge in [0.25, 0.3) is 0 Å². The van der Waals surface area contributed by atoms with E-state index in [-0.39, 0.29) is 17.9 Å². The average molecular weight is 263 g/mol. The van der Waals surface area contributed by atoms with Gasteiger partial charge in [0.05, 0.1) is 13.0 Å². The fraction of sp³-hybridized carbons (Fsp3) is 0.562. The molecule has 0 amide bonds. The minimum Gasteiger partial charge on any atom is -0.469 e. The van der Waals surface area contributed by atoms with Gasteiger partial charge in [-0.2, -0.15) is 0 Å². The summed E-state index contributed by atoms with van der Waals surface area (Å²) in [5.41, 5.74) is 2.58. The third-order valence-corrected chi connectivity index (χ3v) is 3.60. The Hall–Kier alpha value is -1.35. The number of nitrogens with one attached hydrogen (secondary N) is 1. The van der Waals surface area contributed by atoms with Crippen molar-refractivity contribution in [2.24, 2.45) is 5.92 Å². The number of carbonyl (C=O) groups is 1. The highest BCUT2D eigenvalue weighted by Crippen LogP contribution is 2.15. The molecule has 0 radical (unpaired) electrons. The molecular formula is C16H25NO2. The zero-order chi connectivity index (χ0) is 14.4. The molecule has 0 aliphatic carbocycles. The second kappa shape index (κ2) is 7.29. The van der Waals surface area contributed by atoms with Crippen LogP contribution in [-0.4, -0.2) is 19.1 Å². The van der Waals surface area contributed by atoms with Crippen LogP contribution in [0.1, 0.15) is 44.7 Å². The average Bonchev–Trinajstić information content (AvgIpc) is 2.43. The molecule has 0 saturated heterocycles. The van der Waals surface area contributed by atoms with E-state index in [1.165, 1.54) is 18.2 Å². The molecule has 1 N–H and O–H groups in total. The summed E-state index contributed by atoms with van der Waals surface area (Å²) in [5.74, 6) is 0.246. The Balaban J connectivity index is 2.50. The molecule has 0 aliphatic heterocycles. The first-order chi connectivity index (χ1) is 8.95. The van der Waals surface area contributed by atoms with Crippen LogP contribution in [-0.2, 0) is 16.1 Å². The van der Waals surface area contributed by atoms with E-state index in [9.17, 15) is 4.79 Å². The second-order valence-electron chi connectivity index (χ2n) is 5.38. The smallest absolute Gasteiger partial charge is 0.309 e. The highest BCUT2D eigenvalue weighted by atomic mass is 16.5. The molecule has 0 aliphatic rings. The van der Waals surface area contributed by atoms with E-state index in [2.05, 4.69) is 43.4 Å². The number of benzene rings is 1. The summed E-state index contributed by atoms with van der Waals surface area (Å²) in [4.78, 5) is 11.4. The summed E-state index contributed by atoms with van der Waals surface area (Å²) < 4.78 is 4.75. The maximum atomic E-state index is 11.4. The lowest BCUT2D eigenvalue weighted by Gasteiger charge is -2.19. The Morgan fingerprint density at radius 2 is 1.74 bits per heavy atom. The van der Waals surface area contributed by atoms with E-state index in [0.29, 0.717) is 5.92 Å². The van der Waals surface area contributed by atoms with Crippen LogP contribution in [0.4, 0.5) is 0 Å². The zero-order valence-corrected chi connectivity index (χ0v) is 12.6. The number of rotatable bonds is 6.